The van der Waals surface area contributed by atoms with E-state index in [1.54, 1.807) is 0 Å². The Labute approximate surface area is 90.0 Å². The van der Waals surface area contributed by atoms with Crippen LogP contribution in [0, 0.1) is 0 Å². The molecule has 2 nitrogen and oxygen atoms in total. The molecule has 0 saturated heterocycles. The number of benzene rings is 1. The average Bonchev–Trinajstić information content (AvgIpc) is 2.25. The number of halogens is 4. The monoisotopic (exact) mass is 237 g/mol. The Bertz CT molecular complexity index is 364. The molecule has 1 rings (SSSR count). The SMILES string of the molecule is COc1cc(C(F)CN)ccc1C(F)(F)F. The van der Waals surface area contributed by atoms with E-state index >= 15 is 0 Å². The molecule has 0 radical (unpaired) electrons. The molecule has 1 unspecified atom stereocenters. The smallest absolute Gasteiger partial charge is 0.419 e. The van der Waals surface area contributed by atoms with Crippen LogP contribution in [0.1, 0.15) is 17.3 Å². The lowest BCUT2D eigenvalue weighted by Crippen LogP contribution is -2.11. The molecule has 0 spiro atoms. The Hall–Kier alpha value is -1.30. The number of hydrogen-bond acceptors (Lipinski definition) is 2. The van der Waals surface area contributed by atoms with Crippen LogP contribution in [-0.2, 0) is 6.18 Å². The van der Waals surface area contributed by atoms with Gasteiger partial charge in [-0.3, -0.25) is 0 Å². The maximum Gasteiger partial charge on any atom is 0.419 e. The van der Waals surface area contributed by atoms with E-state index in [1.165, 1.54) is 0 Å². The summed E-state index contributed by atoms with van der Waals surface area (Å²) in [5.41, 5.74) is 4.23. The van der Waals surface area contributed by atoms with Crippen molar-refractivity contribution in [1.82, 2.24) is 0 Å². The first-order valence-corrected chi connectivity index (χ1v) is 4.49. The highest BCUT2D eigenvalue weighted by Gasteiger charge is 2.34. The van der Waals surface area contributed by atoms with Crippen LogP contribution >= 0.6 is 0 Å². The lowest BCUT2D eigenvalue weighted by atomic mass is 10.1. The van der Waals surface area contributed by atoms with Crippen molar-refractivity contribution in [2.75, 3.05) is 13.7 Å². The van der Waals surface area contributed by atoms with E-state index in [0.717, 1.165) is 25.3 Å². The van der Waals surface area contributed by atoms with Gasteiger partial charge in [-0.05, 0) is 17.7 Å². The van der Waals surface area contributed by atoms with E-state index in [1.807, 2.05) is 0 Å². The molecule has 0 aromatic heterocycles. The highest BCUT2D eigenvalue weighted by atomic mass is 19.4. The van der Waals surface area contributed by atoms with Crippen molar-refractivity contribution >= 4 is 0 Å². The summed E-state index contributed by atoms with van der Waals surface area (Å²) in [4.78, 5) is 0. The fourth-order valence-electron chi connectivity index (χ4n) is 1.27. The third-order valence-corrected chi connectivity index (χ3v) is 2.10. The van der Waals surface area contributed by atoms with E-state index in [9.17, 15) is 17.6 Å². The van der Waals surface area contributed by atoms with E-state index in [-0.39, 0.29) is 12.1 Å². The molecular formula is C10H11F4NO. The highest BCUT2D eigenvalue weighted by Crippen LogP contribution is 2.37. The molecule has 6 heteroatoms. The minimum Gasteiger partial charge on any atom is -0.496 e. The quantitative estimate of drug-likeness (QED) is 0.820. The van der Waals surface area contributed by atoms with Crippen LogP contribution in [0.5, 0.6) is 5.75 Å². The molecular weight excluding hydrogens is 226 g/mol. The Balaban J connectivity index is 3.17. The summed E-state index contributed by atoms with van der Waals surface area (Å²) < 4.78 is 55.1. The molecule has 2 N–H and O–H groups in total. The van der Waals surface area contributed by atoms with Gasteiger partial charge in [-0.1, -0.05) is 6.07 Å². The minimum absolute atomic E-state index is 0.0763. The fourth-order valence-corrected chi connectivity index (χ4v) is 1.27. The van der Waals surface area contributed by atoms with E-state index in [0.29, 0.717) is 0 Å². The summed E-state index contributed by atoms with van der Waals surface area (Å²) in [6, 6.07) is 2.86. The summed E-state index contributed by atoms with van der Waals surface area (Å²) in [6.45, 7) is -0.283. The lowest BCUT2D eigenvalue weighted by molar-refractivity contribution is -0.138. The molecule has 0 bridgehead atoms. The van der Waals surface area contributed by atoms with Crippen molar-refractivity contribution in [1.29, 1.82) is 0 Å². The predicted molar refractivity (Wildman–Crippen MR) is 50.9 cm³/mol. The Morgan fingerprint density at radius 2 is 2.00 bits per heavy atom. The molecule has 0 amide bonds. The van der Waals surface area contributed by atoms with Crippen LogP contribution in [-0.4, -0.2) is 13.7 Å². The van der Waals surface area contributed by atoms with Gasteiger partial charge in [0.1, 0.15) is 11.9 Å². The van der Waals surface area contributed by atoms with Gasteiger partial charge < -0.3 is 10.5 Å². The van der Waals surface area contributed by atoms with Crippen molar-refractivity contribution in [2.45, 2.75) is 12.3 Å². The van der Waals surface area contributed by atoms with Crippen LogP contribution < -0.4 is 10.5 Å². The van der Waals surface area contributed by atoms with E-state index in [4.69, 9.17) is 5.73 Å². The summed E-state index contributed by atoms with van der Waals surface area (Å²) >= 11 is 0. The zero-order valence-corrected chi connectivity index (χ0v) is 8.51. The summed E-state index contributed by atoms with van der Waals surface area (Å²) in [7, 11) is 1.10. The van der Waals surface area contributed by atoms with Gasteiger partial charge in [0.2, 0.25) is 0 Å². The maximum atomic E-state index is 13.1. The van der Waals surface area contributed by atoms with Gasteiger partial charge in [-0.15, -0.1) is 0 Å². The van der Waals surface area contributed by atoms with Crippen molar-refractivity contribution in [3.8, 4) is 5.75 Å². The van der Waals surface area contributed by atoms with Crippen LogP contribution in [0.4, 0.5) is 17.6 Å². The summed E-state index contributed by atoms with van der Waals surface area (Å²) in [5, 5.41) is 0. The third-order valence-electron chi connectivity index (χ3n) is 2.10. The van der Waals surface area contributed by atoms with Crippen LogP contribution in [0.3, 0.4) is 0 Å². The highest BCUT2D eigenvalue weighted by molar-refractivity contribution is 5.40. The van der Waals surface area contributed by atoms with Crippen LogP contribution in [0.2, 0.25) is 0 Å². The fraction of sp³-hybridized carbons (Fsp3) is 0.400. The molecule has 1 aromatic carbocycles. The number of alkyl halides is 4. The zero-order valence-electron chi connectivity index (χ0n) is 8.51. The minimum atomic E-state index is -4.52. The molecule has 0 aliphatic heterocycles. The zero-order chi connectivity index (χ0) is 12.3. The van der Waals surface area contributed by atoms with Gasteiger partial charge in [0, 0.05) is 6.54 Å². The molecule has 90 valence electrons. The topological polar surface area (TPSA) is 35.2 Å². The molecule has 0 aliphatic rings. The first-order valence-electron chi connectivity index (χ1n) is 4.49. The van der Waals surface area contributed by atoms with Gasteiger partial charge in [0.05, 0.1) is 12.7 Å². The number of ether oxygens (including phenoxy) is 1. The number of methoxy groups -OCH3 is 1. The predicted octanol–water partition coefficient (Wildman–Crippen LogP) is 2.68. The Morgan fingerprint density at radius 3 is 2.44 bits per heavy atom. The number of nitrogens with two attached hydrogens (primary N) is 1. The first-order chi connectivity index (χ1) is 7.40. The van der Waals surface area contributed by atoms with Crippen molar-refractivity contribution in [3.05, 3.63) is 29.3 Å². The molecule has 0 aliphatic carbocycles. The molecule has 0 fully saturated rings. The van der Waals surface area contributed by atoms with Gasteiger partial charge in [0.25, 0.3) is 0 Å². The van der Waals surface area contributed by atoms with Gasteiger partial charge in [-0.25, -0.2) is 4.39 Å². The standard InChI is InChI=1S/C10H11F4NO/c1-16-9-4-6(8(11)5-15)2-3-7(9)10(12,13)14/h2-4,8H,5,15H2,1H3. The van der Waals surface area contributed by atoms with Gasteiger partial charge in [0.15, 0.2) is 0 Å². The van der Waals surface area contributed by atoms with Gasteiger partial charge in [-0.2, -0.15) is 13.2 Å². The largest absolute Gasteiger partial charge is 0.496 e. The van der Waals surface area contributed by atoms with Crippen LogP contribution in [0.15, 0.2) is 18.2 Å². The second kappa shape index (κ2) is 4.69. The molecule has 0 heterocycles. The molecule has 16 heavy (non-hydrogen) atoms. The Morgan fingerprint density at radius 1 is 1.38 bits per heavy atom. The average molecular weight is 237 g/mol. The number of rotatable bonds is 3. The van der Waals surface area contributed by atoms with Crippen molar-refractivity contribution < 1.29 is 22.3 Å². The third kappa shape index (κ3) is 2.63. The van der Waals surface area contributed by atoms with Crippen LogP contribution in [0.25, 0.3) is 0 Å². The maximum absolute atomic E-state index is 13.1. The summed E-state index contributed by atoms with van der Waals surface area (Å²) in [5.74, 6) is -0.402. The molecule has 0 saturated carbocycles. The summed E-state index contributed by atoms with van der Waals surface area (Å²) in [6.07, 6.45) is -6.01. The first kappa shape index (κ1) is 12.8. The Kier molecular flexibility index (Phi) is 3.74. The second-order valence-corrected chi connectivity index (χ2v) is 3.16. The number of hydrogen-bond donors (Lipinski definition) is 1. The second-order valence-electron chi connectivity index (χ2n) is 3.16. The van der Waals surface area contributed by atoms with Gasteiger partial charge >= 0.3 is 6.18 Å². The van der Waals surface area contributed by atoms with Crippen molar-refractivity contribution in [3.63, 3.8) is 0 Å². The normalized spacial score (nSPS) is 13.6. The molecule has 1 aromatic rings. The van der Waals surface area contributed by atoms with Crippen molar-refractivity contribution in [2.24, 2.45) is 5.73 Å². The van der Waals surface area contributed by atoms with E-state index in [2.05, 4.69) is 4.74 Å². The molecule has 1 atom stereocenters. The lowest BCUT2D eigenvalue weighted by Gasteiger charge is -2.14. The van der Waals surface area contributed by atoms with E-state index < -0.39 is 23.7 Å².